The fourth-order valence-corrected chi connectivity index (χ4v) is 3.22. The Hall–Kier alpha value is -0.0800. The van der Waals surface area contributed by atoms with Gasteiger partial charge >= 0.3 is 0 Å². The quantitative estimate of drug-likeness (QED) is 0.754. The molecule has 0 radical (unpaired) electrons. The maximum absolute atomic E-state index is 6.01. The maximum atomic E-state index is 6.01. The van der Waals surface area contributed by atoms with E-state index < -0.39 is 0 Å². The van der Waals surface area contributed by atoms with Crippen LogP contribution in [0.5, 0.6) is 0 Å². The molecule has 0 spiro atoms. The van der Waals surface area contributed by atoms with Crippen LogP contribution in [0.2, 0.25) is 0 Å². The van der Waals surface area contributed by atoms with Gasteiger partial charge in [-0.1, -0.05) is 33.6 Å². The first kappa shape index (κ1) is 14.0. The summed E-state index contributed by atoms with van der Waals surface area (Å²) >= 11 is 0. The van der Waals surface area contributed by atoms with Crippen LogP contribution < -0.4 is 5.73 Å². The third-order valence-electron chi connectivity index (χ3n) is 4.68. The fraction of sp³-hybridized carbons (Fsp3) is 1.00. The summed E-state index contributed by atoms with van der Waals surface area (Å²) in [4.78, 5) is 2.67. The van der Waals surface area contributed by atoms with Crippen molar-refractivity contribution >= 4 is 0 Å². The number of nitrogens with two attached hydrogens (primary N) is 1. The molecule has 1 heterocycles. The van der Waals surface area contributed by atoms with Crippen molar-refractivity contribution in [3.05, 3.63) is 0 Å². The third-order valence-corrected chi connectivity index (χ3v) is 4.68. The highest BCUT2D eigenvalue weighted by Gasteiger charge is 2.34. The lowest BCUT2D eigenvalue weighted by Crippen LogP contribution is -2.55. The molecule has 0 saturated carbocycles. The topological polar surface area (TPSA) is 29.3 Å². The molecule has 0 aromatic carbocycles. The second-order valence-corrected chi connectivity index (χ2v) is 5.35. The van der Waals surface area contributed by atoms with E-state index in [4.69, 9.17) is 5.73 Å². The van der Waals surface area contributed by atoms with Crippen molar-refractivity contribution in [1.29, 1.82) is 0 Å². The Morgan fingerprint density at radius 3 is 2.06 bits per heavy atom. The zero-order chi connectivity index (χ0) is 12.0. The first-order chi connectivity index (χ1) is 7.72. The Labute approximate surface area is 102 Å². The molecule has 0 amide bonds. The van der Waals surface area contributed by atoms with E-state index in [9.17, 15) is 0 Å². The van der Waals surface area contributed by atoms with Crippen LogP contribution in [0.25, 0.3) is 0 Å². The Balaban J connectivity index is 2.50. The summed E-state index contributed by atoms with van der Waals surface area (Å²) in [5, 5.41) is 0. The van der Waals surface area contributed by atoms with E-state index in [1.54, 1.807) is 0 Å². The Kier molecular flexibility index (Phi) is 5.77. The molecule has 0 aliphatic carbocycles. The number of hydrogen-bond donors (Lipinski definition) is 1. The molecular weight excluding hydrogens is 196 g/mol. The van der Waals surface area contributed by atoms with E-state index in [-0.39, 0.29) is 5.54 Å². The summed E-state index contributed by atoms with van der Waals surface area (Å²) in [5.41, 5.74) is 6.30. The van der Waals surface area contributed by atoms with Crippen LogP contribution in [0.4, 0.5) is 0 Å². The zero-order valence-corrected chi connectivity index (χ0v) is 11.5. The molecule has 1 rings (SSSR count). The summed E-state index contributed by atoms with van der Waals surface area (Å²) in [6.45, 7) is 10.2. The van der Waals surface area contributed by atoms with Gasteiger partial charge in [0.1, 0.15) is 0 Å². The summed E-state index contributed by atoms with van der Waals surface area (Å²) < 4.78 is 0. The van der Waals surface area contributed by atoms with Gasteiger partial charge in [-0.2, -0.15) is 0 Å². The smallest absolute Gasteiger partial charge is 0.0326 e. The van der Waals surface area contributed by atoms with Crippen molar-refractivity contribution in [3.63, 3.8) is 0 Å². The summed E-state index contributed by atoms with van der Waals surface area (Å²) in [6.07, 6.45) is 7.91. The van der Waals surface area contributed by atoms with Crippen molar-refractivity contribution in [2.24, 2.45) is 11.7 Å². The molecule has 16 heavy (non-hydrogen) atoms. The van der Waals surface area contributed by atoms with E-state index >= 15 is 0 Å². The van der Waals surface area contributed by atoms with Gasteiger partial charge in [0, 0.05) is 12.1 Å². The van der Waals surface area contributed by atoms with Crippen molar-refractivity contribution in [1.82, 2.24) is 4.90 Å². The van der Waals surface area contributed by atoms with E-state index in [0.29, 0.717) is 0 Å². The molecule has 1 fully saturated rings. The SMILES string of the molecule is CCCC1CCN(C(CC)(CC)CN)CC1. The molecule has 0 unspecified atom stereocenters. The predicted molar refractivity (Wildman–Crippen MR) is 71.6 cm³/mol. The number of likely N-dealkylation sites (tertiary alicyclic amines) is 1. The minimum atomic E-state index is 0.289. The van der Waals surface area contributed by atoms with Gasteiger partial charge in [-0.3, -0.25) is 4.90 Å². The lowest BCUT2D eigenvalue weighted by Gasteiger charge is -2.46. The van der Waals surface area contributed by atoms with Crippen LogP contribution in [0.1, 0.15) is 59.3 Å². The third kappa shape index (κ3) is 2.98. The van der Waals surface area contributed by atoms with Gasteiger partial charge in [0.25, 0.3) is 0 Å². The summed E-state index contributed by atoms with van der Waals surface area (Å²) in [7, 11) is 0. The van der Waals surface area contributed by atoms with Crippen molar-refractivity contribution < 1.29 is 0 Å². The summed E-state index contributed by atoms with van der Waals surface area (Å²) in [5.74, 6) is 0.977. The number of piperidine rings is 1. The second kappa shape index (κ2) is 6.61. The molecule has 2 N–H and O–H groups in total. The first-order valence-corrected chi connectivity index (χ1v) is 7.17. The van der Waals surface area contributed by atoms with Gasteiger partial charge in [0.15, 0.2) is 0 Å². The zero-order valence-electron chi connectivity index (χ0n) is 11.5. The monoisotopic (exact) mass is 226 g/mol. The van der Waals surface area contributed by atoms with Gasteiger partial charge < -0.3 is 5.73 Å². The molecule has 0 aromatic rings. The van der Waals surface area contributed by atoms with E-state index in [0.717, 1.165) is 12.5 Å². The molecule has 1 aliphatic rings. The lowest BCUT2D eigenvalue weighted by atomic mass is 9.85. The van der Waals surface area contributed by atoms with Gasteiger partial charge in [-0.05, 0) is 44.7 Å². The van der Waals surface area contributed by atoms with Crippen LogP contribution in [0, 0.1) is 5.92 Å². The highest BCUT2D eigenvalue weighted by atomic mass is 15.2. The fourth-order valence-electron chi connectivity index (χ4n) is 3.22. The van der Waals surface area contributed by atoms with Gasteiger partial charge in [0.05, 0.1) is 0 Å². The summed E-state index contributed by atoms with van der Waals surface area (Å²) in [6, 6.07) is 0. The van der Waals surface area contributed by atoms with E-state index in [2.05, 4.69) is 25.7 Å². The van der Waals surface area contributed by atoms with Crippen LogP contribution in [-0.4, -0.2) is 30.1 Å². The van der Waals surface area contributed by atoms with Crippen molar-refractivity contribution in [3.8, 4) is 0 Å². The Bertz CT molecular complexity index is 171. The molecule has 0 bridgehead atoms. The Morgan fingerprint density at radius 2 is 1.69 bits per heavy atom. The maximum Gasteiger partial charge on any atom is 0.0326 e. The van der Waals surface area contributed by atoms with Gasteiger partial charge in [-0.25, -0.2) is 0 Å². The number of nitrogens with zero attached hydrogens (tertiary/aromatic N) is 1. The van der Waals surface area contributed by atoms with Crippen molar-refractivity contribution in [2.75, 3.05) is 19.6 Å². The van der Waals surface area contributed by atoms with Crippen molar-refractivity contribution in [2.45, 2.75) is 64.8 Å². The predicted octanol–water partition coefficient (Wildman–Crippen LogP) is 3.02. The minimum absolute atomic E-state index is 0.289. The molecule has 1 aliphatic heterocycles. The molecule has 1 saturated heterocycles. The Morgan fingerprint density at radius 1 is 1.12 bits per heavy atom. The molecule has 96 valence electrons. The van der Waals surface area contributed by atoms with Gasteiger partial charge in [-0.15, -0.1) is 0 Å². The van der Waals surface area contributed by atoms with Crippen LogP contribution in [0.3, 0.4) is 0 Å². The minimum Gasteiger partial charge on any atom is -0.329 e. The van der Waals surface area contributed by atoms with E-state index in [1.807, 2.05) is 0 Å². The largest absolute Gasteiger partial charge is 0.329 e. The van der Waals surface area contributed by atoms with Gasteiger partial charge in [0.2, 0.25) is 0 Å². The van der Waals surface area contributed by atoms with Crippen LogP contribution in [-0.2, 0) is 0 Å². The normalized spacial score (nSPS) is 20.2. The van der Waals surface area contributed by atoms with Crippen LogP contribution in [0.15, 0.2) is 0 Å². The molecular formula is C14H30N2. The first-order valence-electron chi connectivity index (χ1n) is 7.17. The molecule has 0 atom stereocenters. The highest BCUT2D eigenvalue weighted by molar-refractivity contribution is 4.91. The highest BCUT2D eigenvalue weighted by Crippen LogP contribution is 2.30. The lowest BCUT2D eigenvalue weighted by molar-refractivity contribution is 0.0466. The average Bonchev–Trinajstić information content (AvgIpc) is 2.34. The second-order valence-electron chi connectivity index (χ2n) is 5.35. The molecule has 2 heteroatoms. The number of rotatable bonds is 6. The average molecular weight is 226 g/mol. The standard InChI is InChI=1S/C14H30N2/c1-4-7-13-8-10-16(11-9-13)14(5-2,6-3)12-15/h13H,4-12,15H2,1-3H3. The molecule has 0 aromatic heterocycles. The van der Waals surface area contributed by atoms with E-state index in [1.165, 1.54) is 51.6 Å². The molecule has 2 nitrogen and oxygen atoms in total. The van der Waals surface area contributed by atoms with Crippen LogP contribution >= 0.6 is 0 Å². The number of hydrogen-bond acceptors (Lipinski definition) is 2.